The van der Waals surface area contributed by atoms with Crippen LogP contribution in [0.15, 0.2) is 30.3 Å². The number of rotatable bonds is 2. The van der Waals surface area contributed by atoms with Crippen molar-refractivity contribution in [3.63, 3.8) is 0 Å². The predicted octanol–water partition coefficient (Wildman–Crippen LogP) is 4.27. The number of halogens is 3. The number of nitrogens with one attached hydrogen (secondary N) is 1. The fraction of sp³-hybridized carbons (Fsp3) is 0.364. The zero-order valence-electron chi connectivity index (χ0n) is 17.4. The van der Waals surface area contributed by atoms with E-state index in [-0.39, 0.29) is 18.5 Å². The third-order valence-electron chi connectivity index (χ3n) is 5.24. The van der Waals surface area contributed by atoms with E-state index in [9.17, 15) is 18.0 Å². The lowest BCUT2D eigenvalue weighted by Gasteiger charge is -2.33. The summed E-state index contributed by atoms with van der Waals surface area (Å²) in [6.45, 7) is 5.57. The molecule has 4 rings (SSSR count). The Balaban J connectivity index is 1.76. The Bertz CT molecular complexity index is 1170. The molecule has 0 saturated heterocycles. The third-order valence-corrected chi connectivity index (χ3v) is 5.24. The SMILES string of the molecule is CC(C)(C)NC(=O)O[C@H]1Cn2c(nc3cc(N)ccc32)C[C@@H]1c1cc(F)c(F)cc1F. The number of ether oxygens (including phenoxy) is 1. The Labute approximate surface area is 177 Å². The molecule has 0 bridgehead atoms. The van der Waals surface area contributed by atoms with Crippen molar-refractivity contribution in [3.05, 3.63) is 59.2 Å². The summed E-state index contributed by atoms with van der Waals surface area (Å²) in [7, 11) is 0. The Kier molecular flexibility index (Phi) is 5.07. The lowest BCUT2D eigenvalue weighted by Crippen LogP contribution is -2.45. The Hall–Kier alpha value is -3.23. The summed E-state index contributed by atoms with van der Waals surface area (Å²) in [6.07, 6.45) is -1.34. The molecule has 164 valence electrons. The molecule has 1 amide bonds. The van der Waals surface area contributed by atoms with Crippen LogP contribution in [0.5, 0.6) is 0 Å². The lowest BCUT2D eigenvalue weighted by atomic mass is 9.87. The standard InChI is InChI=1S/C22H23F3N4O2/c1-22(2,3)28-21(30)31-19-10-29-18-5-4-11(26)6-17(18)27-20(29)8-13(19)12-7-15(24)16(25)9-14(12)23/h4-7,9,13,19H,8,10,26H2,1-3H3,(H,28,30)/t13-,19+/m1/s1. The highest BCUT2D eigenvalue weighted by Crippen LogP contribution is 2.36. The van der Waals surface area contributed by atoms with E-state index >= 15 is 0 Å². The highest BCUT2D eigenvalue weighted by atomic mass is 19.2. The number of hydrogen-bond acceptors (Lipinski definition) is 4. The Morgan fingerprint density at radius 2 is 1.87 bits per heavy atom. The number of amides is 1. The molecule has 0 aliphatic carbocycles. The van der Waals surface area contributed by atoms with Crippen molar-refractivity contribution in [3.8, 4) is 0 Å². The van der Waals surface area contributed by atoms with Crippen LogP contribution in [-0.4, -0.2) is 27.3 Å². The molecule has 9 heteroatoms. The predicted molar refractivity (Wildman–Crippen MR) is 110 cm³/mol. The first kappa shape index (κ1) is 21.0. The maximum atomic E-state index is 14.6. The second-order valence-electron chi connectivity index (χ2n) is 8.80. The molecule has 1 aromatic heterocycles. The van der Waals surface area contributed by atoms with Gasteiger partial charge in [-0.05, 0) is 50.6 Å². The molecule has 31 heavy (non-hydrogen) atoms. The van der Waals surface area contributed by atoms with E-state index in [1.807, 2.05) is 10.6 Å². The van der Waals surface area contributed by atoms with Crippen LogP contribution < -0.4 is 11.1 Å². The van der Waals surface area contributed by atoms with E-state index in [1.165, 1.54) is 0 Å². The number of benzene rings is 2. The second kappa shape index (κ2) is 7.47. The maximum Gasteiger partial charge on any atom is 0.407 e. The minimum Gasteiger partial charge on any atom is -0.444 e. The first-order valence-electron chi connectivity index (χ1n) is 9.90. The molecule has 1 aliphatic heterocycles. The molecule has 0 spiro atoms. The Morgan fingerprint density at radius 1 is 1.16 bits per heavy atom. The van der Waals surface area contributed by atoms with Crippen LogP contribution in [-0.2, 0) is 17.7 Å². The molecule has 1 aliphatic rings. The molecule has 0 unspecified atom stereocenters. The number of imidazole rings is 1. The zero-order chi connectivity index (χ0) is 22.5. The van der Waals surface area contributed by atoms with Crippen LogP contribution in [0.1, 0.15) is 38.1 Å². The van der Waals surface area contributed by atoms with E-state index in [1.54, 1.807) is 32.9 Å². The molecule has 3 N–H and O–H groups in total. The van der Waals surface area contributed by atoms with Crippen molar-refractivity contribution in [2.45, 2.75) is 51.3 Å². The van der Waals surface area contributed by atoms with Gasteiger partial charge in [0, 0.05) is 29.6 Å². The van der Waals surface area contributed by atoms with Crippen LogP contribution in [0.25, 0.3) is 11.0 Å². The van der Waals surface area contributed by atoms with Gasteiger partial charge in [-0.3, -0.25) is 0 Å². The zero-order valence-corrected chi connectivity index (χ0v) is 17.4. The summed E-state index contributed by atoms with van der Waals surface area (Å²) in [6, 6.07) is 6.60. The van der Waals surface area contributed by atoms with Gasteiger partial charge < -0.3 is 20.4 Å². The number of nitrogens with zero attached hydrogens (tertiary/aromatic N) is 2. The number of nitrogen functional groups attached to an aromatic ring is 1. The number of carbonyl (C=O) groups excluding carboxylic acids is 1. The number of aromatic nitrogens is 2. The quantitative estimate of drug-likeness (QED) is 0.468. The van der Waals surface area contributed by atoms with Gasteiger partial charge in [-0.1, -0.05) is 0 Å². The molecule has 2 heterocycles. The smallest absolute Gasteiger partial charge is 0.407 e. The number of anilines is 1. The highest BCUT2D eigenvalue weighted by Gasteiger charge is 2.37. The first-order valence-corrected chi connectivity index (χ1v) is 9.90. The molecule has 3 aromatic rings. The van der Waals surface area contributed by atoms with Gasteiger partial charge in [-0.15, -0.1) is 0 Å². The van der Waals surface area contributed by atoms with Crippen molar-refractivity contribution >= 4 is 22.8 Å². The number of nitrogens with two attached hydrogens (primary N) is 1. The van der Waals surface area contributed by atoms with Gasteiger partial charge in [0.1, 0.15) is 17.7 Å². The molecular weight excluding hydrogens is 409 g/mol. The van der Waals surface area contributed by atoms with Gasteiger partial charge in [-0.2, -0.15) is 0 Å². The van der Waals surface area contributed by atoms with Crippen LogP contribution in [0.4, 0.5) is 23.7 Å². The van der Waals surface area contributed by atoms with E-state index in [2.05, 4.69) is 10.3 Å². The van der Waals surface area contributed by atoms with Crippen molar-refractivity contribution in [2.75, 3.05) is 5.73 Å². The van der Waals surface area contributed by atoms with Crippen molar-refractivity contribution in [1.82, 2.24) is 14.9 Å². The summed E-state index contributed by atoms with van der Waals surface area (Å²) in [4.78, 5) is 17.0. The molecule has 2 aromatic carbocycles. The topological polar surface area (TPSA) is 82.2 Å². The third kappa shape index (κ3) is 4.17. The van der Waals surface area contributed by atoms with Gasteiger partial charge in [0.15, 0.2) is 11.6 Å². The Morgan fingerprint density at radius 3 is 2.58 bits per heavy atom. The summed E-state index contributed by atoms with van der Waals surface area (Å²) in [5.74, 6) is -3.47. The molecule has 0 saturated carbocycles. The van der Waals surface area contributed by atoms with Crippen molar-refractivity contribution in [1.29, 1.82) is 0 Å². The van der Waals surface area contributed by atoms with Crippen LogP contribution >= 0.6 is 0 Å². The van der Waals surface area contributed by atoms with Crippen LogP contribution in [0.3, 0.4) is 0 Å². The average Bonchev–Trinajstić information content (AvgIpc) is 2.99. The molecular formula is C22H23F3N4O2. The second-order valence-corrected chi connectivity index (χ2v) is 8.80. The number of alkyl carbamates (subject to hydrolysis) is 1. The number of carbonyl (C=O) groups is 1. The molecule has 0 fully saturated rings. The molecule has 6 nitrogen and oxygen atoms in total. The van der Waals surface area contributed by atoms with Gasteiger partial charge in [0.25, 0.3) is 0 Å². The maximum absolute atomic E-state index is 14.6. The lowest BCUT2D eigenvalue weighted by molar-refractivity contribution is 0.0570. The summed E-state index contributed by atoms with van der Waals surface area (Å²) >= 11 is 0. The normalized spacial score (nSPS) is 18.6. The minimum absolute atomic E-state index is 0.0646. The highest BCUT2D eigenvalue weighted by molar-refractivity contribution is 5.80. The van der Waals surface area contributed by atoms with E-state index in [4.69, 9.17) is 10.5 Å². The van der Waals surface area contributed by atoms with Crippen molar-refractivity contribution < 1.29 is 22.7 Å². The minimum atomic E-state index is -1.28. The fourth-order valence-corrected chi connectivity index (χ4v) is 3.92. The van der Waals surface area contributed by atoms with Crippen LogP contribution in [0, 0.1) is 17.5 Å². The van der Waals surface area contributed by atoms with Gasteiger partial charge in [0.05, 0.1) is 17.6 Å². The van der Waals surface area contributed by atoms with Crippen molar-refractivity contribution in [2.24, 2.45) is 0 Å². The summed E-state index contributed by atoms with van der Waals surface area (Å²) in [5, 5.41) is 2.71. The van der Waals surface area contributed by atoms with Gasteiger partial charge >= 0.3 is 6.09 Å². The van der Waals surface area contributed by atoms with E-state index in [0.717, 1.165) is 11.6 Å². The van der Waals surface area contributed by atoms with Crippen LogP contribution in [0.2, 0.25) is 0 Å². The number of hydrogen-bond donors (Lipinski definition) is 2. The van der Waals surface area contributed by atoms with Gasteiger partial charge in [-0.25, -0.2) is 22.9 Å². The fourth-order valence-electron chi connectivity index (χ4n) is 3.92. The largest absolute Gasteiger partial charge is 0.444 e. The summed E-state index contributed by atoms with van der Waals surface area (Å²) in [5.41, 5.74) is 7.23. The molecule has 0 radical (unpaired) electrons. The molecule has 2 atom stereocenters. The first-order chi connectivity index (χ1) is 14.5. The number of fused-ring (bicyclic) bond motifs is 3. The van der Waals surface area contributed by atoms with E-state index in [0.29, 0.717) is 23.1 Å². The van der Waals surface area contributed by atoms with Gasteiger partial charge in [0.2, 0.25) is 0 Å². The average molecular weight is 432 g/mol. The summed E-state index contributed by atoms with van der Waals surface area (Å²) < 4.78 is 49.6. The van der Waals surface area contributed by atoms with E-state index < -0.39 is 41.1 Å². The monoisotopic (exact) mass is 432 g/mol.